The third-order valence-electron chi connectivity index (χ3n) is 4.53. The molecule has 0 fully saturated rings. The van der Waals surface area contributed by atoms with E-state index >= 15 is 0 Å². The smallest absolute Gasteiger partial charge is 0.221 e. The van der Waals surface area contributed by atoms with Gasteiger partial charge in [0.05, 0.1) is 18.5 Å². The molecule has 0 bridgehead atoms. The van der Waals surface area contributed by atoms with E-state index in [0.717, 1.165) is 39.4 Å². The minimum absolute atomic E-state index is 0.235. The predicted octanol–water partition coefficient (Wildman–Crippen LogP) is 4.65. The Kier molecular flexibility index (Phi) is 4.64. The SMILES string of the molecule is COc1ccc(-c2cccc(-c3cc(-c4ccc(N)cc4)nc(N)n3)c2)cc1. The maximum atomic E-state index is 5.98. The van der Waals surface area contributed by atoms with Gasteiger partial charge in [0.25, 0.3) is 0 Å². The molecular weight excluding hydrogens is 348 g/mol. The Morgan fingerprint density at radius 3 is 1.93 bits per heavy atom. The number of hydrogen-bond acceptors (Lipinski definition) is 5. The van der Waals surface area contributed by atoms with Crippen LogP contribution < -0.4 is 16.2 Å². The van der Waals surface area contributed by atoms with Gasteiger partial charge in [-0.15, -0.1) is 0 Å². The monoisotopic (exact) mass is 368 g/mol. The fourth-order valence-electron chi connectivity index (χ4n) is 3.06. The van der Waals surface area contributed by atoms with Gasteiger partial charge < -0.3 is 16.2 Å². The maximum Gasteiger partial charge on any atom is 0.221 e. The number of ether oxygens (including phenoxy) is 1. The number of nitrogen functional groups attached to an aromatic ring is 2. The molecule has 0 saturated carbocycles. The van der Waals surface area contributed by atoms with E-state index in [0.29, 0.717) is 5.69 Å². The van der Waals surface area contributed by atoms with Crippen molar-refractivity contribution in [3.63, 3.8) is 0 Å². The zero-order valence-electron chi connectivity index (χ0n) is 15.5. The first-order chi connectivity index (χ1) is 13.6. The maximum absolute atomic E-state index is 5.98. The van der Waals surface area contributed by atoms with E-state index in [-0.39, 0.29) is 5.95 Å². The summed E-state index contributed by atoms with van der Waals surface area (Å²) < 4.78 is 5.24. The molecule has 1 heterocycles. The Morgan fingerprint density at radius 1 is 0.643 bits per heavy atom. The highest BCUT2D eigenvalue weighted by molar-refractivity contribution is 5.75. The summed E-state index contributed by atoms with van der Waals surface area (Å²) in [7, 11) is 1.66. The second kappa shape index (κ2) is 7.40. The molecule has 0 aliphatic rings. The van der Waals surface area contributed by atoms with Gasteiger partial charge in [-0.1, -0.05) is 42.5 Å². The Balaban J connectivity index is 1.73. The lowest BCUT2D eigenvalue weighted by Gasteiger charge is -2.09. The van der Waals surface area contributed by atoms with Crippen molar-refractivity contribution in [2.75, 3.05) is 18.6 Å². The first-order valence-corrected chi connectivity index (χ1v) is 8.88. The molecule has 0 amide bonds. The van der Waals surface area contributed by atoms with Crippen molar-refractivity contribution in [3.05, 3.63) is 78.9 Å². The molecule has 28 heavy (non-hydrogen) atoms. The second-order valence-corrected chi connectivity index (χ2v) is 6.43. The molecule has 3 aromatic carbocycles. The molecule has 4 N–H and O–H groups in total. The zero-order chi connectivity index (χ0) is 19.5. The van der Waals surface area contributed by atoms with E-state index in [1.165, 1.54) is 0 Å². The molecule has 0 spiro atoms. The summed E-state index contributed by atoms with van der Waals surface area (Å²) in [4.78, 5) is 8.80. The van der Waals surface area contributed by atoms with Crippen LogP contribution >= 0.6 is 0 Å². The molecule has 5 heteroatoms. The summed E-state index contributed by atoms with van der Waals surface area (Å²) in [5, 5.41) is 0. The molecular formula is C23H20N4O. The van der Waals surface area contributed by atoms with Crippen LogP contribution in [0.4, 0.5) is 11.6 Å². The van der Waals surface area contributed by atoms with Crippen LogP contribution in [0.1, 0.15) is 0 Å². The number of rotatable bonds is 4. The van der Waals surface area contributed by atoms with Crippen LogP contribution in [-0.4, -0.2) is 17.1 Å². The van der Waals surface area contributed by atoms with Gasteiger partial charge in [-0.05, 0) is 47.5 Å². The largest absolute Gasteiger partial charge is 0.497 e. The Labute approximate surface area is 163 Å². The molecule has 4 aromatic rings. The number of benzene rings is 3. The normalized spacial score (nSPS) is 10.6. The average Bonchev–Trinajstić information content (AvgIpc) is 2.74. The van der Waals surface area contributed by atoms with E-state index in [4.69, 9.17) is 16.2 Å². The summed E-state index contributed by atoms with van der Waals surface area (Å²) in [5.41, 5.74) is 18.1. The Morgan fingerprint density at radius 2 is 1.25 bits per heavy atom. The third kappa shape index (κ3) is 3.64. The lowest BCUT2D eigenvalue weighted by Crippen LogP contribution is -1.99. The standard InChI is InChI=1S/C23H20N4O/c1-28-20-11-7-15(8-12-20)17-3-2-4-18(13-17)22-14-21(26-23(25)27-22)16-5-9-19(24)10-6-16/h2-14H,24H2,1H3,(H2,25,26,27). The summed E-state index contributed by atoms with van der Waals surface area (Å²) >= 11 is 0. The van der Waals surface area contributed by atoms with Crippen LogP contribution in [0.5, 0.6) is 5.75 Å². The molecule has 4 rings (SSSR count). The van der Waals surface area contributed by atoms with E-state index in [1.54, 1.807) is 7.11 Å². The van der Waals surface area contributed by atoms with Gasteiger partial charge in [0, 0.05) is 16.8 Å². The summed E-state index contributed by atoms with van der Waals surface area (Å²) in [6, 6.07) is 25.6. The van der Waals surface area contributed by atoms with Gasteiger partial charge in [0.15, 0.2) is 0 Å². The topological polar surface area (TPSA) is 87.0 Å². The van der Waals surface area contributed by atoms with E-state index in [9.17, 15) is 0 Å². The summed E-state index contributed by atoms with van der Waals surface area (Å²) in [5.74, 6) is 1.07. The zero-order valence-corrected chi connectivity index (χ0v) is 15.5. The second-order valence-electron chi connectivity index (χ2n) is 6.43. The summed E-state index contributed by atoms with van der Waals surface area (Å²) in [6.45, 7) is 0. The quantitative estimate of drug-likeness (QED) is 0.512. The van der Waals surface area contributed by atoms with Gasteiger partial charge in [-0.2, -0.15) is 0 Å². The van der Waals surface area contributed by atoms with Crippen LogP contribution in [0, 0.1) is 0 Å². The van der Waals surface area contributed by atoms with Crippen molar-refractivity contribution >= 4 is 11.6 Å². The van der Waals surface area contributed by atoms with Gasteiger partial charge in [0.2, 0.25) is 5.95 Å². The first-order valence-electron chi connectivity index (χ1n) is 8.88. The van der Waals surface area contributed by atoms with Crippen molar-refractivity contribution in [3.8, 4) is 39.4 Å². The highest BCUT2D eigenvalue weighted by Gasteiger charge is 2.08. The van der Waals surface area contributed by atoms with Crippen LogP contribution in [0.25, 0.3) is 33.6 Å². The molecule has 0 saturated heterocycles. The lowest BCUT2D eigenvalue weighted by atomic mass is 10.0. The lowest BCUT2D eigenvalue weighted by molar-refractivity contribution is 0.415. The minimum Gasteiger partial charge on any atom is -0.497 e. The minimum atomic E-state index is 0.235. The van der Waals surface area contributed by atoms with Crippen molar-refractivity contribution in [1.82, 2.24) is 9.97 Å². The van der Waals surface area contributed by atoms with Crippen molar-refractivity contribution in [2.24, 2.45) is 0 Å². The third-order valence-corrected chi connectivity index (χ3v) is 4.53. The highest BCUT2D eigenvalue weighted by atomic mass is 16.5. The Hall–Kier alpha value is -3.86. The molecule has 5 nitrogen and oxygen atoms in total. The van der Waals surface area contributed by atoms with Crippen LogP contribution in [0.15, 0.2) is 78.9 Å². The van der Waals surface area contributed by atoms with Crippen LogP contribution in [-0.2, 0) is 0 Å². The number of methoxy groups -OCH3 is 1. The summed E-state index contributed by atoms with van der Waals surface area (Å²) in [6.07, 6.45) is 0. The molecule has 0 atom stereocenters. The van der Waals surface area contributed by atoms with Crippen LogP contribution in [0.3, 0.4) is 0 Å². The molecule has 1 aromatic heterocycles. The van der Waals surface area contributed by atoms with Gasteiger partial charge in [0.1, 0.15) is 5.75 Å². The van der Waals surface area contributed by atoms with E-state index in [2.05, 4.69) is 22.1 Å². The fourth-order valence-corrected chi connectivity index (χ4v) is 3.06. The van der Waals surface area contributed by atoms with Crippen molar-refractivity contribution in [2.45, 2.75) is 0 Å². The predicted molar refractivity (Wildman–Crippen MR) is 114 cm³/mol. The number of nitrogens with two attached hydrogens (primary N) is 2. The average molecular weight is 368 g/mol. The molecule has 0 radical (unpaired) electrons. The number of anilines is 2. The number of aromatic nitrogens is 2. The number of hydrogen-bond donors (Lipinski definition) is 2. The molecule has 0 aliphatic carbocycles. The van der Waals surface area contributed by atoms with E-state index < -0.39 is 0 Å². The van der Waals surface area contributed by atoms with Gasteiger partial charge in [-0.3, -0.25) is 0 Å². The fraction of sp³-hybridized carbons (Fsp3) is 0.0435. The van der Waals surface area contributed by atoms with Crippen LogP contribution in [0.2, 0.25) is 0 Å². The molecule has 0 unspecified atom stereocenters. The van der Waals surface area contributed by atoms with Crippen molar-refractivity contribution in [1.29, 1.82) is 0 Å². The molecule has 0 aliphatic heterocycles. The van der Waals surface area contributed by atoms with Gasteiger partial charge in [-0.25, -0.2) is 9.97 Å². The first kappa shape index (κ1) is 17.5. The molecule has 138 valence electrons. The highest BCUT2D eigenvalue weighted by Crippen LogP contribution is 2.29. The van der Waals surface area contributed by atoms with Crippen molar-refractivity contribution < 1.29 is 4.74 Å². The Bertz CT molecular complexity index is 1110. The van der Waals surface area contributed by atoms with Gasteiger partial charge >= 0.3 is 0 Å². The number of nitrogens with zero attached hydrogens (tertiary/aromatic N) is 2. The van der Waals surface area contributed by atoms with E-state index in [1.807, 2.05) is 66.7 Å².